The third kappa shape index (κ3) is 4.99. The Morgan fingerprint density at radius 2 is 1.67 bits per heavy atom. The zero-order valence-corrected chi connectivity index (χ0v) is 15.0. The van der Waals surface area contributed by atoms with E-state index in [2.05, 4.69) is 37.6 Å². The van der Waals surface area contributed by atoms with Crippen molar-refractivity contribution < 1.29 is 9.90 Å². The minimum atomic E-state index is -0.877. The Balaban J connectivity index is 3.23. The first-order valence-electron chi connectivity index (χ1n) is 7.52. The summed E-state index contributed by atoms with van der Waals surface area (Å²) >= 11 is 1.30. The number of aromatic carboxylic acids is 1. The molecule has 0 bridgehead atoms. The molecule has 0 atom stereocenters. The predicted molar refractivity (Wildman–Crippen MR) is 89.7 cm³/mol. The van der Waals surface area contributed by atoms with E-state index >= 15 is 0 Å². The van der Waals surface area contributed by atoms with Gasteiger partial charge in [-0.3, -0.25) is 0 Å². The third-order valence-electron chi connectivity index (χ3n) is 2.96. The second-order valence-corrected chi connectivity index (χ2v) is 8.40. The van der Waals surface area contributed by atoms with E-state index < -0.39 is 5.97 Å². The first-order chi connectivity index (χ1) is 9.52. The molecular formula is C16H28N2O2S. The van der Waals surface area contributed by atoms with E-state index in [1.165, 1.54) is 11.3 Å². The van der Waals surface area contributed by atoms with E-state index in [-0.39, 0.29) is 5.41 Å². The molecule has 1 aromatic heterocycles. The highest BCUT2D eigenvalue weighted by atomic mass is 32.1. The van der Waals surface area contributed by atoms with Gasteiger partial charge < -0.3 is 10.0 Å². The first kappa shape index (κ1) is 18.0. The van der Waals surface area contributed by atoms with Crippen LogP contribution in [-0.4, -0.2) is 29.1 Å². The summed E-state index contributed by atoms with van der Waals surface area (Å²) < 4.78 is 0. The molecule has 1 heterocycles. The zero-order chi connectivity index (χ0) is 16.4. The molecule has 5 heteroatoms. The number of carboxylic acid groups (broad SMARTS) is 1. The van der Waals surface area contributed by atoms with Crippen molar-refractivity contribution in [1.29, 1.82) is 0 Å². The van der Waals surface area contributed by atoms with Crippen LogP contribution in [0.1, 0.15) is 63.8 Å². The van der Waals surface area contributed by atoms with Gasteiger partial charge in [0, 0.05) is 18.5 Å². The van der Waals surface area contributed by atoms with Gasteiger partial charge in [0.1, 0.15) is 4.88 Å². The molecule has 1 N–H and O–H groups in total. The summed E-state index contributed by atoms with van der Waals surface area (Å²) in [5, 5.41) is 10.3. The average Bonchev–Trinajstić information content (AvgIpc) is 2.70. The van der Waals surface area contributed by atoms with Gasteiger partial charge in [-0.05, 0) is 11.8 Å². The van der Waals surface area contributed by atoms with Gasteiger partial charge >= 0.3 is 5.97 Å². The standard InChI is InChI=1S/C16H28N2O2S/c1-10(2)8-18(9-11(3)4)15-17-13(16(5,6)7)12(21-15)14(19)20/h10-11H,8-9H2,1-7H3,(H,19,20). The number of aromatic nitrogens is 1. The van der Waals surface area contributed by atoms with Crippen LogP contribution < -0.4 is 4.90 Å². The molecule has 0 aliphatic carbocycles. The highest BCUT2D eigenvalue weighted by molar-refractivity contribution is 7.17. The summed E-state index contributed by atoms with van der Waals surface area (Å²) in [6, 6.07) is 0. The molecule has 120 valence electrons. The van der Waals surface area contributed by atoms with Crippen molar-refractivity contribution in [2.75, 3.05) is 18.0 Å². The number of carboxylic acids is 1. The van der Waals surface area contributed by atoms with Gasteiger partial charge in [0.05, 0.1) is 5.69 Å². The van der Waals surface area contributed by atoms with Gasteiger partial charge in [-0.2, -0.15) is 0 Å². The van der Waals surface area contributed by atoms with Gasteiger partial charge in [0.2, 0.25) is 0 Å². The maximum Gasteiger partial charge on any atom is 0.347 e. The lowest BCUT2D eigenvalue weighted by atomic mass is 9.91. The minimum Gasteiger partial charge on any atom is -0.477 e. The number of rotatable bonds is 6. The van der Waals surface area contributed by atoms with Crippen molar-refractivity contribution in [3.8, 4) is 0 Å². The van der Waals surface area contributed by atoms with E-state index in [0.717, 1.165) is 18.2 Å². The highest BCUT2D eigenvalue weighted by Gasteiger charge is 2.28. The van der Waals surface area contributed by atoms with Crippen LogP contribution in [0.25, 0.3) is 0 Å². The lowest BCUT2D eigenvalue weighted by Gasteiger charge is -2.26. The summed E-state index contributed by atoms with van der Waals surface area (Å²) in [5.41, 5.74) is 0.427. The number of hydrogen-bond acceptors (Lipinski definition) is 4. The molecule has 0 radical (unpaired) electrons. The number of nitrogens with zero attached hydrogens (tertiary/aromatic N) is 2. The van der Waals surface area contributed by atoms with Crippen LogP contribution in [0.2, 0.25) is 0 Å². The van der Waals surface area contributed by atoms with Gasteiger partial charge in [-0.15, -0.1) is 0 Å². The Kier molecular flexibility index (Phi) is 5.79. The minimum absolute atomic E-state index is 0.260. The van der Waals surface area contributed by atoms with Crippen LogP contribution in [0.4, 0.5) is 5.13 Å². The van der Waals surface area contributed by atoms with Gasteiger partial charge in [0.15, 0.2) is 5.13 Å². The second-order valence-electron chi connectivity index (χ2n) is 7.42. The molecular weight excluding hydrogens is 284 g/mol. The quantitative estimate of drug-likeness (QED) is 0.853. The molecule has 0 saturated carbocycles. The predicted octanol–water partition coefficient (Wildman–Crippen LogP) is 4.26. The van der Waals surface area contributed by atoms with Crippen molar-refractivity contribution in [3.05, 3.63) is 10.6 Å². The topological polar surface area (TPSA) is 53.4 Å². The fraction of sp³-hybridized carbons (Fsp3) is 0.750. The van der Waals surface area contributed by atoms with Gasteiger partial charge in [-0.1, -0.05) is 59.8 Å². The maximum atomic E-state index is 11.5. The summed E-state index contributed by atoms with van der Waals surface area (Å²) in [7, 11) is 0. The van der Waals surface area contributed by atoms with Crippen LogP contribution >= 0.6 is 11.3 Å². The second kappa shape index (κ2) is 6.77. The van der Waals surface area contributed by atoms with E-state index in [0.29, 0.717) is 22.4 Å². The monoisotopic (exact) mass is 312 g/mol. The molecule has 1 rings (SSSR count). The van der Waals surface area contributed by atoms with Crippen molar-refractivity contribution in [3.63, 3.8) is 0 Å². The molecule has 0 fully saturated rings. The average molecular weight is 312 g/mol. The normalized spacial score (nSPS) is 12.2. The molecule has 0 saturated heterocycles. The fourth-order valence-electron chi connectivity index (χ4n) is 2.21. The summed E-state index contributed by atoms with van der Waals surface area (Å²) in [4.78, 5) is 18.8. The van der Waals surface area contributed by atoms with E-state index in [1.54, 1.807) is 0 Å². The van der Waals surface area contributed by atoms with Crippen LogP contribution in [-0.2, 0) is 5.41 Å². The molecule has 0 aliphatic heterocycles. The SMILES string of the molecule is CC(C)CN(CC(C)C)c1nc(C(C)(C)C)c(C(=O)O)s1. The van der Waals surface area contributed by atoms with E-state index in [1.807, 2.05) is 20.8 Å². The highest BCUT2D eigenvalue weighted by Crippen LogP contribution is 2.34. The molecule has 1 aromatic rings. The summed E-state index contributed by atoms with van der Waals surface area (Å²) in [5.74, 6) is 0.149. The molecule has 0 aromatic carbocycles. The Morgan fingerprint density at radius 1 is 1.19 bits per heavy atom. The molecule has 0 spiro atoms. The summed E-state index contributed by atoms with van der Waals surface area (Å²) in [6.45, 7) is 16.5. The zero-order valence-electron chi connectivity index (χ0n) is 14.2. The first-order valence-corrected chi connectivity index (χ1v) is 8.33. The smallest absolute Gasteiger partial charge is 0.347 e. The van der Waals surface area contributed by atoms with Crippen LogP contribution in [0, 0.1) is 11.8 Å². The van der Waals surface area contributed by atoms with Crippen LogP contribution in [0.5, 0.6) is 0 Å². The Hall–Kier alpha value is -1.10. The number of thiazole rings is 1. The molecule has 4 nitrogen and oxygen atoms in total. The van der Waals surface area contributed by atoms with Gasteiger partial charge in [0.25, 0.3) is 0 Å². The van der Waals surface area contributed by atoms with Crippen LogP contribution in [0.3, 0.4) is 0 Å². The van der Waals surface area contributed by atoms with Gasteiger partial charge in [-0.25, -0.2) is 9.78 Å². The number of carbonyl (C=O) groups is 1. The lowest BCUT2D eigenvalue weighted by molar-refractivity contribution is 0.0699. The largest absolute Gasteiger partial charge is 0.477 e. The van der Waals surface area contributed by atoms with E-state index in [4.69, 9.17) is 0 Å². The van der Waals surface area contributed by atoms with Crippen molar-refractivity contribution in [2.24, 2.45) is 11.8 Å². The molecule has 0 unspecified atom stereocenters. The Labute approximate surface area is 132 Å². The van der Waals surface area contributed by atoms with Crippen LogP contribution in [0.15, 0.2) is 0 Å². The Morgan fingerprint density at radius 3 is 1.95 bits per heavy atom. The van der Waals surface area contributed by atoms with Crippen molar-refractivity contribution in [1.82, 2.24) is 4.98 Å². The van der Waals surface area contributed by atoms with Crippen molar-refractivity contribution in [2.45, 2.75) is 53.9 Å². The number of hydrogen-bond donors (Lipinski definition) is 1. The van der Waals surface area contributed by atoms with Crippen molar-refractivity contribution >= 4 is 22.4 Å². The fourth-order valence-corrected chi connectivity index (χ4v) is 3.34. The molecule has 21 heavy (non-hydrogen) atoms. The molecule has 0 aliphatic rings. The third-order valence-corrected chi connectivity index (χ3v) is 4.07. The van der Waals surface area contributed by atoms with E-state index in [9.17, 15) is 9.90 Å². The summed E-state index contributed by atoms with van der Waals surface area (Å²) in [6.07, 6.45) is 0. The lowest BCUT2D eigenvalue weighted by Crippen LogP contribution is -2.31. The Bertz CT molecular complexity index is 477. The number of anilines is 1. The molecule has 0 amide bonds. The maximum absolute atomic E-state index is 11.5.